The first-order chi connectivity index (χ1) is 8.65. The van der Waals surface area contributed by atoms with Gasteiger partial charge in [0, 0.05) is 38.0 Å². The van der Waals surface area contributed by atoms with Crippen LogP contribution in [0.25, 0.3) is 0 Å². The van der Waals surface area contributed by atoms with Crippen molar-refractivity contribution in [1.29, 1.82) is 0 Å². The molecule has 2 rings (SSSR count). The lowest BCUT2D eigenvalue weighted by Crippen LogP contribution is -2.38. The molecule has 2 fully saturated rings. The lowest BCUT2D eigenvalue weighted by atomic mass is 9.95. The molecule has 5 heteroatoms. The highest BCUT2D eigenvalue weighted by Crippen LogP contribution is 2.17. The molecule has 1 unspecified atom stereocenters. The minimum Gasteiger partial charge on any atom is -0.353 e. The molecule has 0 spiro atoms. The normalized spacial score (nSPS) is 25.5. The number of rotatable bonds is 4. The third kappa shape index (κ3) is 3.70. The van der Waals surface area contributed by atoms with E-state index in [1.54, 1.807) is 4.90 Å². The third-order valence-electron chi connectivity index (χ3n) is 3.82. The quantitative estimate of drug-likeness (QED) is 0.761. The Hall–Kier alpha value is -1.10. The van der Waals surface area contributed by atoms with Crippen LogP contribution in [0.1, 0.15) is 44.9 Å². The first-order valence-electron chi connectivity index (χ1n) is 6.98. The van der Waals surface area contributed by atoms with Crippen molar-refractivity contribution in [3.8, 4) is 0 Å². The van der Waals surface area contributed by atoms with Crippen LogP contribution in [0.5, 0.6) is 0 Å². The number of hydrogen-bond acceptors (Lipinski definition) is 3. The zero-order valence-electron chi connectivity index (χ0n) is 10.9. The molecule has 5 nitrogen and oxygen atoms in total. The van der Waals surface area contributed by atoms with Gasteiger partial charge in [0.15, 0.2) is 0 Å². The molecule has 3 N–H and O–H groups in total. The average Bonchev–Trinajstić information content (AvgIpc) is 2.66. The first-order valence-corrected chi connectivity index (χ1v) is 6.98. The number of carbonyl (C=O) groups excluding carboxylic acids is 2. The summed E-state index contributed by atoms with van der Waals surface area (Å²) >= 11 is 0. The van der Waals surface area contributed by atoms with E-state index in [-0.39, 0.29) is 17.9 Å². The van der Waals surface area contributed by atoms with Crippen LogP contribution >= 0.6 is 0 Å². The van der Waals surface area contributed by atoms with Crippen molar-refractivity contribution in [1.82, 2.24) is 10.2 Å². The largest absolute Gasteiger partial charge is 0.353 e. The van der Waals surface area contributed by atoms with Crippen LogP contribution in [0.3, 0.4) is 0 Å². The summed E-state index contributed by atoms with van der Waals surface area (Å²) in [5.74, 6) is 0.142. The summed E-state index contributed by atoms with van der Waals surface area (Å²) in [7, 11) is 0. The molecule has 0 aromatic heterocycles. The van der Waals surface area contributed by atoms with Crippen LogP contribution in [0, 0.1) is 0 Å². The summed E-state index contributed by atoms with van der Waals surface area (Å²) in [5.41, 5.74) is 5.71. The Bertz CT molecular complexity index is 313. The van der Waals surface area contributed by atoms with E-state index in [4.69, 9.17) is 5.73 Å². The van der Waals surface area contributed by atoms with Gasteiger partial charge in [0.2, 0.25) is 11.8 Å². The molecule has 1 aliphatic heterocycles. The van der Waals surface area contributed by atoms with E-state index in [2.05, 4.69) is 5.32 Å². The first kappa shape index (κ1) is 13.3. The van der Waals surface area contributed by atoms with E-state index in [1.165, 1.54) is 19.3 Å². The van der Waals surface area contributed by atoms with Crippen molar-refractivity contribution in [2.45, 2.75) is 57.0 Å². The zero-order chi connectivity index (χ0) is 13.0. The summed E-state index contributed by atoms with van der Waals surface area (Å²) in [4.78, 5) is 25.0. The van der Waals surface area contributed by atoms with Gasteiger partial charge in [-0.05, 0) is 12.8 Å². The van der Waals surface area contributed by atoms with Crippen molar-refractivity contribution in [3.05, 3.63) is 0 Å². The van der Waals surface area contributed by atoms with Crippen molar-refractivity contribution in [2.24, 2.45) is 5.73 Å². The van der Waals surface area contributed by atoms with Crippen molar-refractivity contribution >= 4 is 11.8 Å². The molecule has 2 amide bonds. The Morgan fingerprint density at radius 2 is 2.06 bits per heavy atom. The number of hydrogen-bond donors (Lipinski definition) is 2. The summed E-state index contributed by atoms with van der Waals surface area (Å²) in [6, 6.07) is 0.293. The standard InChI is InChI=1S/C13H23N3O2/c14-10-8-13(18)16(9-10)7-6-12(17)15-11-4-2-1-3-5-11/h10-11H,1-9,14H2,(H,15,17). The van der Waals surface area contributed by atoms with Gasteiger partial charge < -0.3 is 16.0 Å². The fourth-order valence-corrected chi connectivity index (χ4v) is 2.80. The number of amides is 2. The second-order valence-corrected chi connectivity index (χ2v) is 5.46. The van der Waals surface area contributed by atoms with Crippen molar-refractivity contribution in [3.63, 3.8) is 0 Å². The molecule has 1 heterocycles. The summed E-state index contributed by atoms with van der Waals surface area (Å²) in [5, 5.41) is 3.06. The molecule has 102 valence electrons. The van der Waals surface area contributed by atoms with Gasteiger partial charge in [0.25, 0.3) is 0 Å². The minimum atomic E-state index is -0.0566. The molecule has 1 saturated heterocycles. The number of nitrogens with zero attached hydrogens (tertiary/aromatic N) is 1. The number of carbonyl (C=O) groups is 2. The summed E-state index contributed by atoms with van der Waals surface area (Å²) in [6.07, 6.45) is 6.72. The van der Waals surface area contributed by atoms with Crippen LogP contribution in [-0.2, 0) is 9.59 Å². The highest BCUT2D eigenvalue weighted by atomic mass is 16.2. The van der Waals surface area contributed by atoms with E-state index in [0.29, 0.717) is 32.0 Å². The Morgan fingerprint density at radius 3 is 2.67 bits per heavy atom. The lowest BCUT2D eigenvalue weighted by Gasteiger charge is -2.23. The Balaban J connectivity index is 1.66. The van der Waals surface area contributed by atoms with Crippen molar-refractivity contribution in [2.75, 3.05) is 13.1 Å². The highest BCUT2D eigenvalue weighted by Gasteiger charge is 2.27. The Kier molecular flexibility index (Phi) is 4.58. The second kappa shape index (κ2) is 6.18. The van der Waals surface area contributed by atoms with E-state index in [0.717, 1.165) is 12.8 Å². The molecule has 0 bridgehead atoms. The lowest BCUT2D eigenvalue weighted by molar-refractivity contribution is -0.128. The summed E-state index contributed by atoms with van der Waals surface area (Å²) < 4.78 is 0. The van der Waals surface area contributed by atoms with Gasteiger partial charge in [0.1, 0.15) is 0 Å². The predicted molar refractivity (Wildman–Crippen MR) is 68.8 cm³/mol. The molecule has 0 aromatic carbocycles. The van der Waals surface area contributed by atoms with Crippen LogP contribution < -0.4 is 11.1 Å². The zero-order valence-corrected chi connectivity index (χ0v) is 10.9. The van der Waals surface area contributed by atoms with Crippen LogP contribution in [0.4, 0.5) is 0 Å². The molecule has 0 aromatic rings. The Labute approximate surface area is 108 Å². The average molecular weight is 253 g/mol. The van der Waals surface area contributed by atoms with E-state index < -0.39 is 0 Å². The second-order valence-electron chi connectivity index (χ2n) is 5.46. The van der Waals surface area contributed by atoms with Crippen LogP contribution in [0.2, 0.25) is 0 Å². The number of nitrogens with one attached hydrogen (secondary N) is 1. The maximum Gasteiger partial charge on any atom is 0.224 e. The smallest absolute Gasteiger partial charge is 0.224 e. The molecule has 1 aliphatic carbocycles. The number of nitrogens with two attached hydrogens (primary N) is 1. The maximum atomic E-state index is 11.8. The van der Waals surface area contributed by atoms with Gasteiger partial charge in [0.05, 0.1) is 0 Å². The van der Waals surface area contributed by atoms with Gasteiger partial charge in [-0.2, -0.15) is 0 Å². The molecule has 1 atom stereocenters. The van der Waals surface area contributed by atoms with Gasteiger partial charge in [-0.25, -0.2) is 0 Å². The van der Waals surface area contributed by atoms with Gasteiger partial charge >= 0.3 is 0 Å². The Morgan fingerprint density at radius 1 is 1.33 bits per heavy atom. The molecule has 18 heavy (non-hydrogen) atoms. The van der Waals surface area contributed by atoms with E-state index in [1.807, 2.05) is 0 Å². The van der Waals surface area contributed by atoms with Gasteiger partial charge in [-0.15, -0.1) is 0 Å². The molecular weight excluding hydrogens is 230 g/mol. The van der Waals surface area contributed by atoms with E-state index in [9.17, 15) is 9.59 Å². The van der Waals surface area contributed by atoms with Crippen LogP contribution in [-0.4, -0.2) is 41.9 Å². The van der Waals surface area contributed by atoms with Crippen molar-refractivity contribution < 1.29 is 9.59 Å². The third-order valence-corrected chi connectivity index (χ3v) is 3.82. The molecule has 0 radical (unpaired) electrons. The molecule has 1 saturated carbocycles. The topological polar surface area (TPSA) is 75.4 Å². The fourth-order valence-electron chi connectivity index (χ4n) is 2.80. The van der Waals surface area contributed by atoms with E-state index >= 15 is 0 Å². The predicted octanol–water partition coefficient (Wildman–Crippen LogP) is 0.385. The minimum absolute atomic E-state index is 0.0566. The van der Waals surface area contributed by atoms with Gasteiger partial charge in [-0.3, -0.25) is 9.59 Å². The fraction of sp³-hybridized carbons (Fsp3) is 0.846. The summed E-state index contributed by atoms with van der Waals surface area (Å²) in [6.45, 7) is 1.10. The van der Waals surface area contributed by atoms with Crippen LogP contribution in [0.15, 0.2) is 0 Å². The molecular formula is C13H23N3O2. The SMILES string of the molecule is NC1CC(=O)N(CCC(=O)NC2CCCCC2)C1. The van der Waals surface area contributed by atoms with Gasteiger partial charge in [-0.1, -0.05) is 19.3 Å². The monoisotopic (exact) mass is 253 g/mol. The molecule has 2 aliphatic rings. The maximum absolute atomic E-state index is 11.8. The number of likely N-dealkylation sites (tertiary alicyclic amines) is 1. The highest BCUT2D eigenvalue weighted by molar-refractivity contribution is 5.81.